The van der Waals surface area contributed by atoms with E-state index in [4.69, 9.17) is 4.74 Å². The van der Waals surface area contributed by atoms with Crippen LogP contribution in [-0.2, 0) is 16.0 Å². The van der Waals surface area contributed by atoms with Crippen LogP contribution in [0, 0.1) is 0 Å². The van der Waals surface area contributed by atoms with Crippen LogP contribution in [0.4, 0.5) is 10.5 Å². The maximum absolute atomic E-state index is 12.7. The van der Waals surface area contributed by atoms with Gasteiger partial charge < -0.3 is 10.1 Å². The van der Waals surface area contributed by atoms with Gasteiger partial charge in [0.05, 0.1) is 4.91 Å². The molecule has 1 aliphatic rings. The Hall–Kier alpha value is -3.84. The van der Waals surface area contributed by atoms with E-state index in [0.717, 1.165) is 30.2 Å². The van der Waals surface area contributed by atoms with Crippen molar-refractivity contribution in [1.29, 1.82) is 0 Å². The molecule has 3 amide bonds. The van der Waals surface area contributed by atoms with Crippen molar-refractivity contribution in [3.05, 3.63) is 101 Å². The second-order valence-electron chi connectivity index (χ2n) is 7.69. The highest BCUT2D eigenvalue weighted by molar-refractivity contribution is 8.18. The molecule has 0 aliphatic carbocycles. The molecule has 1 N–H and O–H groups in total. The minimum atomic E-state index is -0.263. The number of aryl methyl sites for hydroxylation is 1. The number of ether oxygens (including phenoxy) is 1. The van der Waals surface area contributed by atoms with E-state index in [1.165, 1.54) is 10.5 Å². The number of carbonyl (C=O) groups excluding carboxylic acids is 3. The molecule has 3 aromatic carbocycles. The third kappa shape index (κ3) is 6.36. The number of rotatable bonds is 9. The summed E-state index contributed by atoms with van der Waals surface area (Å²) in [4.78, 5) is 38.8. The Morgan fingerprint density at radius 2 is 1.59 bits per heavy atom. The number of anilines is 1. The number of imide groups is 1. The van der Waals surface area contributed by atoms with E-state index in [9.17, 15) is 14.4 Å². The molecular formula is C27H24N2O4S. The lowest BCUT2D eigenvalue weighted by molar-refractivity contribution is -0.122. The average Bonchev–Trinajstić information content (AvgIpc) is 3.12. The van der Waals surface area contributed by atoms with E-state index >= 15 is 0 Å². The van der Waals surface area contributed by atoms with Gasteiger partial charge in [-0.3, -0.25) is 19.3 Å². The third-order valence-electron chi connectivity index (χ3n) is 5.17. The molecule has 0 aromatic heterocycles. The van der Waals surface area contributed by atoms with Gasteiger partial charge in [0.25, 0.3) is 17.1 Å². The highest BCUT2D eigenvalue weighted by atomic mass is 32.2. The minimum absolute atomic E-state index is 0.115. The molecule has 4 rings (SSSR count). The molecule has 0 spiro atoms. The number of para-hydroxylation sites is 1. The molecule has 1 heterocycles. The SMILES string of the molecule is O=C(COc1ccc(/C=C2/SC(=O)N(CCCc3ccccc3)C2=O)cc1)Nc1ccccc1. The number of hydrogen-bond acceptors (Lipinski definition) is 5. The molecular weight excluding hydrogens is 448 g/mol. The zero-order valence-corrected chi connectivity index (χ0v) is 19.3. The summed E-state index contributed by atoms with van der Waals surface area (Å²) in [5.74, 6) is 0.0200. The first-order chi connectivity index (χ1) is 16.6. The van der Waals surface area contributed by atoms with Gasteiger partial charge in [-0.25, -0.2) is 0 Å². The Labute approximate surface area is 202 Å². The highest BCUT2D eigenvalue weighted by Crippen LogP contribution is 2.32. The first kappa shape index (κ1) is 23.3. The lowest BCUT2D eigenvalue weighted by Gasteiger charge is -2.12. The van der Waals surface area contributed by atoms with Gasteiger partial charge >= 0.3 is 0 Å². The van der Waals surface area contributed by atoms with Crippen LogP contribution in [-0.4, -0.2) is 35.1 Å². The second-order valence-corrected chi connectivity index (χ2v) is 8.69. The monoisotopic (exact) mass is 472 g/mol. The Bertz CT molecular complexity index is 1180. The van der Waals surface area contributed by atoms with Gasteiger partial charge in [-0.1, -0.05) is 60.7 Å². The summed E-state index contributed by atoms with van der Waals surface area (Å²) in [6, 6.07) is 26.2. The van der Waals surface area contributed by atoms with Crippen molar-refractivity contribution in [3.8, 4) is 5.75 Å². The normalized spacial score (nSPS) is 14.5. The Morgan fingerprint density at radius 3 is 2.29 bits per heavy atom. The third-order valence-corrected chi connectivity index (χ3v) is 6.08. The Balaban J connectivity index is 1.28. The second kappa shape index (κ2) is 11.3. The smallest absolute Gasteiger partial charge is 0.293 e. The van der Waals surface area contributed by atoms with Gasteiger partial charge in [0.1, 0.15) is 5.75 Å². The molecule has 0 bridgehead atoms. The fraction of sp³-hybridized carbons (Fsp3) is 0.148. The highest BCUT2D eigenvalue weighted by Gasteiger charge is 2.34. The summed E-state index contributed by atoms with van der Waals surface area (Å²) in [6.07, 6.45) is 3.24. The fourth-order valence-corrected chi connectivity index (χ4v) is 4.32. The van der Waals surface area contributed by atoms with Crippen LogP contribution in [0.3, 0.4) is 0 Å². The summed E-state index contributed by atoms with van der Waals surface area (Å²) in [5, 5.41) is 2.52. The van der Waals surface area contributed by atoms with E-state index in [0.29, 0.717) is 22.9 Å². The number of carbonyl (C=O) groups is 3. The number of amides is 3. The summed E-state index contributed by atoms with van der Waals surface area (Å²) in [7, 11) is 0. The first-order valence-electron chi connectivity index (χ1n) is 11.0. The van der Waals surface area contributed by atoms with Gasteiger partial charge in [-0.2, -0.15) is 0 Å². The number of nitrogens with one attached hydrogen (secondary N) is 1. The van der Waals surface area contributed by atoms with Crippen LogP contribution in [0.1, 0.15) is 17.5 Å². The number of hydrogen-bond donors (Lipinski definition) is 1. The number of benzene rings is 3. The lowest BCUT2D eigenvalue weighted by Crippen LogP contribution is -2.29. The summed E-state index contributed by atoms with van der Waals surface area (Å²) >= 11 is 0.956. The van der Waals surface area contributed by atoms with Gasteiger partial charge in [-0.05, 0) is 66.1 Å². The van der Waals surface area contributed by atoms with Crippen LogP contribution in [0.5, 0.6) is 5.75 Å². The van der Waals surface area contributed by atoms with E-state index in [1.807, 2.05) is 48.5 Å². The lowest BCUT2D eigenvalue weighted by atomic mass is 10.1. The molecule has 3 aromatic rings. The van der Waals surface area contributed by atoms with Crippen molar-refractivity contribution < 1.29 is 19.1 Å². The van der Waals surface area contributed by atoms with Crippen molar-refractivity contribution in [2.45, 2.75) is 12.8 Å². The zero-order valence-electron chi connectivity index (χ0n) is 18.5. The largest absolute Gasteiger partial charge is 0.484 e. The van der Waals surface area contributed by atoms with E-state index in [-0.39, 0.29) is 23.7 Å². The quantitative estimate of drug-likeness (QED) is 0.424. The predicted octanol–water partition coefficient (Wildman–Crippen LogP) is 5.37. The summed E-state index contributed by atoms with van der Waals surface area (Å²) < 4.78 is 5.53. The van der Waals surface area contributed by atoms with Gasteiger partial charge in [0, 0.05) is 12.2 Å². The van der Waals surface area contributed by atoms with Crippen LogP contribution in [0.15, 0.2) is 89.8 Å². The Morgan fingerprint density at radius 1 is 0.912 bits per heavy atom. The molecule has 6 nitrogen and oxygen atoms in total. The van der Waals surface area contributed by atoms with Crippen molar-refractivity contribution in [2.24, 2.45) is 0 Å². The van der Waals surface area contributed by atoms with Crippen LogP contribution in [0.2, 0.25) is 0 Å². The van der Waals surface area contributed by atoms with Crippen molar-refractivity contribution in [2.75, 3.05) is 18.5 Å². The first-order valence-corrected chi connectivity index (χ1v) is 11.8. The molecule has 7 heteroatoms. The van der Waals surface area contributed by atoms with Crippen LogP contribution < -0.4 is 10.1 Å². The topological polar surface area (TPSA) is 75.7 Å². The van der Waals surface area contributed by atoms with Crippen molar-refractivity contribution in [1.82, 2.24) is 4.90 Å². The zero-order chi connectivity index (χ0) is 23.8. The van der Waals surface area contributed by atoms with Gasteiger partial charge in [0.15, 0.2) is 6.61 Å². The molecule has 34 heavy (non-hydrogen) atoms. The maximum Gasteiger partial charge on any atom is 0.293 e. The van der Waals surface area contributed by atoms with Crippen molar-refractivity contribution >= 4 is 40.6 Å². The number of nitrogens with zero attached hydrogens (tertiary/aromatic N) is 1. The van der Waals surface area contributed by atoms with Crippen LogP contribution in [0.25, 0.3) is 6.08 Å². The summed E-state index contributed by atoms with van der Waals surface area (Å²) in [5.41, 5.74) is 2.67. The predicted molar refractivity (Wildman–Crippen MR) is 134 cm³/mol. The molecule has 0 unspecified atom stereocenters. The van der Waals surface area contributed by atoms with E-state index in [2.05, 4.69) is 5.32 Å². The minimum Gasteiger partial charge on any atom is -0.484 e. The molecule has 1 saturated heterocycles. The van der Waals surface area contributed by atoms with Crippen LogP contribution >= 0.6 is 11.8 Å². The van der Waals surface area contributed by atoms with Crippen molar-refractivity contribution in [3.63, 3.8) is 0 Å². The molecule has 1 aliphatic heterocycles. The molecule has 1 fully saturated rings. The Kier molecular flexibility index (Phi) is 7.78. The van der Waals surface area contributed by atoms with E-state index < -0.39 is 0 Å². The molecule has 0 radical (unpaired) electrons. The average molecular weight is 473 g/mol. The number of thioether (sulfide) groups is 1. The van der Waals surface area contributed by atoms with Gasteiger partial charge in [-0.15, -0.1) is 0 Å². The maximum atomic E-state index is 12.7. The molecule has 0 atom stereocenters. The van der Waals surface area contributed by atoms with E-state index in [1.54, 1.807) is 42.5 Å². The standard InChI is InChI=1S/C27H24N2O4S/c30-25(28-22-11-5-2-6-12-22)19-33-23-15-13-21(14-16-23)18-24-26(31)29(27(32)34-24)17-7-10-20-8-3-1-4-9-20/h1-6,8-9,11-16,18H,7,10,17,19H2,(H,28,30)/b24-18+. The summed E-state index contributed by atoms with van der Waals surface area (Å²) in [6.45, 7) is 0.283. The molecule has 172 valence electrons. The van der Waals surface area contributed by atoms with Gasteiger partial charge in [0.2, 0.25) is 0 Å². The fourth-order valence-electron chi connectivity index (χ4n) is 3.46. The molecule has 0 saturated carbocycles.